The average Bonchev–Trinajstić information content (AvgIpc) is 2.91. The molecule has 26 heavy (non-hydrogen) atoms. The molecule has 0 aromatic heterocycles. The summed E-state index contributed by atoms with van der Waals surface area (Å²) in [7, 11) is -3.01. The quantitative estimate of drug-likeness (QED) is 0.767. The number of nitrogens with zero attached hydrogens (tertiary/aromatic N) is 1. The number of hydrogen-bond acceptors (Lipinski definition) is 4. The van der Waals surface area contributed by atoms with Gasteiger partial charge in [-0.3, -0.25) is 0 Å². The van der Waals surface area contributed by atoms with Crippen molar-refractivity contribution in [3.63, 3.8) is 0 Å². The van der Waals surface area contributed by atoms with E-state index in [1.54, 1.807) is 4.90 Å². The Bertz CT molecular complexity index is 725. The van der Waals surface area contributed by atoms with Gasteiger partial charge in [-0.05, 0) is 36.5 Å². The maximum Gasteiger partial charge on any atom is 0.317 e. The summed E-state index contributed by atoms with van der Waals surface area (Å²) >= 11 is 0. The Morgan fingerprint density at radius 1 is 1.35 bits per heavy atom. The lowest BCUT2D eigenvalue weighted by atomic mass is 9.87. The van der Waals surface area contributed by atoms with Gasteiger partial charge < -0.3 is 15.0 Å². The van der Waals surface area contributed by atoms with Crippen molar-refractivity contribution in [2.24, 2.45) is 0 Å². The van der Waals surface area contributed by atoms with Crippen LogP contribution < -0.4 is 10.1 Å². The predicted octanol–water partition coefficient (Wildman–Crippen LogP) is 2.58. The summed E-state index contributed by atoms with van der Waals surface area (Å²) in [5.41, 5.74) is 1.25. The molecular weight excluding hydrogens is 352 g/mol. The summed E-state index contributed by atoms with van der Waals surface area (Å²) in [6, 6.07) is 7.50. The van der Waals surface area contributed by atoms with Crippen LogP contribution in [-0.4, -0.2) is 56.6 Å². The van der Waals surface area contributed by atoms with Crippen molar-refractivity contribution in [3.05, 3.63) is 29.8 Å². The molecule has 1 aromatic rings. The van der Waals surface area contributed by atoms with Crippen LogP contribution in [0.5, 0.6) is 5.75 Å². The highest BCUT2D eigenvalue weighted by Gasteiger charge is 2.33. The topological polar surface area (TPSA) is 75.7 Å². The number of amides is 2. The van der Waals surface area contributed by atoms with Crippen LogP contribution in [0.2, 0.25) is 0 Å². The largest absolute Gasteiger partial charge is 0.492 e. The molecule has 2 amide bonds. The predicted molar refractivity (Wildman–Crippen MR) is 103 cm³/mol. The first-order chi connectivity index (χ1) is 12.1. The molecule has 1 heterocycles. The van der Waals surface area contributed by atoms with E-state index in [9.17, 15) is 13.2 Å². The summed E-state index contributed by atoms with van der Waals surface area (Å²) < 4.78 is 29.0. The van der Waals surface area contributed by atoms with Gasteiger partial charge in [0.05, 0.1) is 18.1 Å². The van der Waals surface area contributed by atoms with Crippen LogP contribution >= 0.6 is 0 Å². The van der Waals surface area contributed by atoms with E-state index in [1.165, 1.54) is 5.56 Å². The monoisotopic (exact) mass is 382 g/mol. The Balaban J connectivity index is 1.81. The molecule has 0 spiro atoms. The SMILES string of the molecule is CCN(C(=O)NCCOc1cccc(C(C)(C)C)c1)C1CCS(=O)(=O)C1. The van der Waals surface area contributed by atoms with Gasteiger partial charge in [0.25, 0.3) is 0 Å². The third kappa shape index (κ3) is 5.62. The average molecular weight is 383 g/mol. The third-order valence-corrected chi connectivity index (χ3v) is 6.35. The van der Waals surface area contributed by atoms with Gasteiger partial charge in [-0.2, -0.15) is 0 Å². The molecule has 6 nitrogen and oxygen atoms in total. The molecule has 1 aliphatic rings. The van der Waals surface area contributed by atoms with Crippen LogP contribution in [0, 0.1) is 0 Å². The Kier molecular flexibility index (Phi) is 6.55. The lowest BCUT2D eigenvalue weighted by molar-refractivity contribution is 0.181. The highest BCUT2D eigenvalue weighted by molar-refractivity contribution is 7.91. The molecule has 0 bridgehead atoms. The minimum atomic E-state index is -3.01. The van der Waals surface area contributed by atoms with Gasteiger partial charge in [0.15, 0.2) is 9.84 Å². The second-order valence-electron chi connectivity index (χ2n) is 7.70. The molecule has 1 atom stereocenters. The summed E-state index contributed by atoms with van der Waals surface area (Å²) in [6.07, 6.45) is 0.514. The molecule has 1 aromatic carbocycles. The first-order valence-corrected chi connectivity index (χ1v) is 10.9. The molecule has 2 rings (SSSR count). The van der Waals surface area contributed by atoms with E-state index in [0.29, 0.717) is 26.1 Å². The standard InChI is InChI=1S/C19H30N2O4S/c1-5-21(16-9-12-26(23,24)14-16)18(22)20-10-11-25-17-8-6-7-15(13-17)19(2,3)4/h6-8,13,16H,5,9-12,14H2,1-4H3,(H,20,22). The van der Waals surface area contributed by atoms with Crippen molar-refractivity contribution in [2.75, 3.05) is 31.2 Å². The van der Waals surface area contributed by atoms with E-state index in [2.05, 4.69) is 32.2 Å². The number of carbonyl (C=O) groups is 1. The minimum absolute atomic E-state index is 0.0524. The van der Waals surface area contributed by atoms with Crippen molar-refractivity contribution < 1.29 is 17.9 Å². The van der Waals surface area contributed by atoms with Crippen molar-refractivity contribution in [1.29, 1.82) is 0 Å². The Morgan fingerprint density at radius 3 is 2.65 bits per heavy atom. The molecular formula is C19H30N2O4S. The molecule has 1 saturated heterocycles. The van der Waals surface area contributed by atoms with E-state index in [4.69, 9.17) is 4.74 Å². The van der Waals surface area contributed by atoms with Crippen molar-refractivity contribution in [3.8, 4) is 5.75 Å². The summed E-state index contributed by atoms with van der Waals surface area (Å²) in [4.78, 5) is 13.9. The highest BCUT2D eigenvalue weighted by atomic mass is 32.2. The van der Waals surface area contributed by atoms with Crippen molar-refractivity contribution in [2.45, 2.75) is 45.6 Å². The van der Waals surface area contributed by atoms with Crippen LogP contribution in [-0.2, 0) is 15.3 Å². The van der Waals surface area contributed by atoms with E-state index in [1.807, 2.05) is 25.1 Å². The van der Waals surface area contributed by atoms with Gasteiger partial charge in [0.2, 0.25) is 0 Å². The van der Waals surface area contributed by atoms with Crippen LogP contribution in [0.15, 0.2) is 24.3 Å². The van der Waals surface area contributed by atoms with Crippen molar-refractivity contribution in [1.82, 2.24) is 10.2 Å². The summed E-state index contributed by atoms with van der Waals surface area (Å²) in [5.74, 6) is 1.000. The molecule has 1 aliphatic heterocycles. The molecule has 0 saturated carbocycles. The molecule has 1 unspecified atom stereocenters. The lowest BCUT2D eigenvalue weighted by Gasteiger charge is -2.27. The summed E-state index contributed by atoms with van der Waals surface area (Å²) in [5, 5.41) is 2.82. The Labute approximate surface area is 156 Å². The van der Waals surface area contributed by atoms with Crippen LogP contribution in [0.3, 0.4) is 0 Å². The number of carbonyl (C=O) groups excluding carboxylic acids is 1. The number of hydrogen-bond donors (Lipinski definition) is 1. The van der Waals surface area contributed by atoms with E-state index >= 15 is 0 Å². The minimum Gasteiger partial charge on any atom is -0.492 e. The second-order valence-corrected chi connectivity index (χ2v) is 9.93. The molecule has 7 heteroatoms. The maximum atomic E-state index is 12.3. The fourth-order valence-corrected chi connectivity index (χ4v) is 4.80. The van der Waals surface area contributed by atoms with Gasteiger partial charge in [-0.1, -0.05) is 32.9 Å². The Hall–Kier alpha value is -1.76. The van der Waals surface area contributed by atoms with Gasteiger partial charge in [-0.25, -0.2) is 13.2 Å². The van der Waals surface area contributed by atoms with Crippen LogP contribution in [0.1, 0.15) is 39.7 Å². The number of sulfone groups is 1. The second kappa shape index (κ2) is 8.29. The number of rotatable bonds is 6. The number of urea groups is 1. The molecule has 146 valence electrons. The van der Waals surface area contributed by atoms with Gasteiger partial charge in [0.1, 0.15) is 12.4 Å². The first-order valence-electron chi connectivity index (χ1n) is 9.10. The smallest absolute Gasteiger partial charge is 0.317 e. The zero-order chi connectivity index (χ0) is 19.4. The Morgan fingerprint density at radius 2 is 2.08 bits per heavy atom. The first kappa shape index (κ1) is 20.6. The maximum absolute atomic E-state index is 12.3. The lowest BCUT2D eigenvalue weighted by Crippen LogP contribution is -2.47. The zero-order valence-corrected chi connectivity index (χ0v) is 16.9. The highest BCUT2D eigenvalue weighted by Crippen LogP contribution is 2.25. The normalized spacial score (nSPS) is 19.2. The van der Waals surface area contributed by atoms with Crippen LogP contribution in [0.25, 0.3) is 0 Å². The molecule has 0 aliphatic carbocycles. The van der Waals surface area contributed by atoms with Gasteiger partial charge >= 0.3 is 6.03 Å². The van der Waals surface area contributed by atoms with Crippen LogP contribution in [0.4, 0.5) is 4.79 Å². The summed E-state index contributed by atoms with van der Waals surface area (Å²) in [6.45, 7) is 9.52. The molecule has 1 fully saturated rings. The van der Waals surface area contributed by atoms with Crippen molar-refractivity contribution >= 4 is 15.9 Å². The van der Waals surface area contributed by atoms with E-state index in [-0.39, 0.29) is 29.0 Å². The molecule has 0 radical (unpaired) electrons. The third-order valence-electron chi connectivity index (χ3n) is 4.60. The van der Waals surface area contributed by atoms with Gasteiger partial charge in [0, 0.05) is 12.6 Å². The number of nitrogens with one attached hydrogen (secondary N) is 1. The number of benzene rings is 1. The fraction of sp³-hybridized carbons (Fsp3) is 0.632. The van der Waals surface area contributed by atoms with Gasteiger partial charge in [-0.15, -0.1) is 0 Å². The molecule has 1 N–H and O–H groups in total. The zero-order valence-electron chi connectivity index (χ0n) is 16.1. The number of ether oxygens (including phenoxy) is 1. The van der Waals surface area contributed by atoms with E-state index in [0.717, 1.165) is 5.75 Å². The fourth-order valence-electron chi connectivity index (χ4n) is 3.07. The van der Waals surface area contributed by atoms with E-state index < -0.39 is 9.84 Å².